The van der Waals surface area contributed by atoms with Crippen molar-refractivity contribution in [2.45, 2.75) is 45.0 Å². The van der Waals surface area contributed by atoms with Gasteiger partial charge in [-0.3, -0.25) is 0 Å². The van der Waals surface area contributed by atoms with Gasteiger partial charge in [0.2, 0.25) is 0 Å². The molecule has 1 aromatic heterocycles. The number of fused-ring (bicyclic) bond motifs is 2. The summed E-state index contributed by atoms with van der Waals surface area (Å²) in [6.45, 7) is 6.40. The molecule has 9 nitrogen and oxygen atoms in total. The minimum atomic E-state index is -4.34. The van der Waals surface area contributed by atoms with Crippen molar-refractivity contribution >= 4 is 35.4 Å². The molecule has 1 aliphatic heterocycles. The molecule has 1 atom stereocenters. The molecule has 0 bridgehead atoms. The van der Waals surface area contributed by atoms with E-state index in [1.54, 1.807) is 74.9 Å². The highest BCUT2D eigenvalue weighted by atomic mass is 35.5. The van der Waals surface area contributed by atoms with Crippen molar-refractivity contribution in [2.24, 2.45) is 0 Å². The molecule has 13 heteroatoms. The van der Waals surface area contributed by atoms with Crippen LogP contribution in [0.15, 0.2) is 100 Å². The molecule has 0 saturated heterocycles. The lowest BCUT2D eigenvalue weighted by molar-refractivity contribution is -0.137. The summed E-state index contributed by atoms with van der Waals surface area (Å²) in [7, 11) is 4.68. The average Bonchev–Trinajstić information content (AvgIpc) is 3.15. The fraction of sp³-hybridized carbons (Fsp3) is 0.286. The molecule has 0 aliphatic carbocycles. The van der Waals surface area contributed by atoms with Crippen molar-refractivity contribution in [1.29, 1.82) is 0 Å². The number of rotatable bonds is 11. The number of methoxy groups -OCH3 is 3. The third kappa shape index (κ3) is 10.4. The van der Waals surface area contributed by atoms with Crippen LogP contribution in [-0.2, 0) is 17.3 Å². The van der Waals surface area contributed by atoms with Crippen LogP contribution in [0, 0.1) is 0 Å². The smallest absolute Gasteiger partial charge is 0.416 e. The maximum atomic E-state index is 12.9. The molecule has 1 unspecified atom stereocenters. The zero-order chi connectivity index (χ0) is 39.0. The van der Waals surface area contributed by atoms with Crippen LogP contribution >= 0.6 is 12.4 Å². The summed E-state index contributed by atoms with van der Waals surface area (Å²) in [5, 5.41) is 3.71. The van der Waals surface area contributed by atoms with Crippen molar-refractivity contribution in [3.8, 4) is 34.1 Å². The predicted molar refractivity (Wildman–Crippen MR) is 208 cm³/mol. The number of nitrogens with one attached hydrogen (secondary N) is 1. The Morgan fingerprint density at radius 3 is 2.22 bits per heavy atom. The van der Waals surface area contributed by atoms with E-state index in [1.165, 1.54) is 13.2 Å². The Hall–Kier alpha value is -5.46. The highest BCUT2D eigenvalue weighted by Crippen LogP contribution is 2.47. The van der Waals surface area contributed by atoms with Gasteiger partial charge in [0.1, 0.15) is 51.7 Å². The molecule has 1 N–H and O–H groups in total. The second-order valence-electron chi connectivity index (χ2n) is 13.0. The zero-order valence-corrected chi connectivity index (χ0v) is 32.1. The first kappa shape index (κ1) is 42.3. The SMILES string of the molecule is CC(Cc1cccc(C(F)(F)F)c1)NCCOC(=O)c1ccccc1.COc1ccc(-c2c(OC)c3c(OC)c4c(cc3oc2=O)OC(C)(C)C=C4)cc1.Cl. The van der Waals surface area contributed by atoms with Crippen molar-refractivity contribution in [2.75, 3.05) is 34.5 Å². The Balaban J connectivity index is 0.000000243. The van der Waals surface area contributed by atoms with Crippen molar-refractivity contribution < 1.29 is 46.1 Å². The Bertz CT molecular complexity index is 2170. The quantitative estimate of drug-likeness (QED) is 0.0798. The van der Waals surface area contributed by atoms with Gasteiger partial charge in [-0.1, -0.05) is 48.5 Å². The highest BCUT2D eigenvalue weighted by Gasteiger charge is 2.31. The van der Waals surface area contributed by atoms with Crippen molar-refractivity contribution in [3.05, 3.63) is 124 Å². The number of halogens is 4. The Morgan fingerprint density at radius 1 is 0.891 bits per heavy atom. The minimum Gasteiger partial charge on any atom is -0.497 e. The molecule has 0 fully saturated rings. The molecule has 0 amide bonds. The van der Waals surface area contributed by atoms with E-state index in [0.29, 0.717) is 69.2 Å². The highest BCUT2D eigenvalue weighted by molar-refractivity contribution is 5.99. The number of carbonyl (C=O) groups is 1. The van der Waals surface area contributed by atoms with Crippen molar-refractivity contribution in [1.82, 2.24) is 5.32 Å². The predicted octanol–water partition coefficient (Wildman–Crippen LogP) is 9.17. The van der Waals surface area contributed by atoms with Crippen LogP contribution in [0.1, 0.15) is 47.8 Å². The van der Waals surface area contributed by atoms with E-state index in [2.05, 4.69) is 5.32 Å². The molecule has 1 aliphatic rings. The van der Waals surface area contributed by atoms with Crippen LogP contribution in [0.2, 0.25) is 0 Å². The molecule has 2 heterocycles. The second kappa shape index (κ2) is 18.2. The number of hydrogen-bond donors (Lipinski definition) is 1. The minimum absolute atomic E-state index is 0. The van der Waals surface area contributed by atoms with Gasteiger partial charge in [0, 0.05) is 18.7 Å². The number of alkyl halides is 3. The van der Waals surface area contributed by atoms with Gasteiger partial charge in [-0.05, 0) is 80.8 Å². The molecule has 55 heavy (non-hydrogen) atoms. The molecule has 0 saturated carbocycles. The van der Waals surface area contributed by atoms with E-state index in [4.69, 9.17) is 28.1 Å². The Labute approximate surface area is 323 Å². The standard InChI is InChI=1S/C23H22O6.C19H20F3NO2.ClH/c1-23(2)11-10-15-16(29-23)12-17-19(20(15)26-4)21(27-5)18(22(24)28-17)13-6-8-14(25-3)9-7-13;1-14(12-15-6-5-9-17(13-15)19(20,21)22)23-10-11-25-18(24)16-7-3-2-4-8-16;/h6-12H,1-5H3;2-9,13-14,23H,10-12H2,1H3;1H. The molecule has 4 aromatic carbocycles. The fourth-order valence-corrected chi connectivity index (χ4v) is 5.96. The maximum Gasteiger partial charge on any atom is 0.416 e. The second-order valence-corrected chi connectivity index (χ2v) is 13.0. The molecule has 292 valence electrons. The van der Waals surface area contributed by atoms with E-state index >= 15 is 0 Å². The van der Waals surface area contributed by atoms with Crippen LogP contribution in [0.3, 0.4) is 0 Å². The number of hydrogen-bond acceptors (Lipinski definition) is 9. The van der Waals surface area contributed by atoms with Gasteiger partial charge in [-0.25, -0.2) is 9.59 Å². The van der Waals surface area contributed by atoms with Crippen LogP contribution in [0.25, 0.3) is 28.2 Å². The van der Waals surface area contributed by atoms with Gasteiger partial charge < -0.3 is 33.4 Å². The van der Waals surface area contributed by atoms with E-state index in [-0.39, 0.29) is 25.1 Å². The lowest BCUT2D eigenvalue weighted by Crippen LogP contribution is -2.31. The van der Waals surface area contributed by atoms with E-state index < -0.39 is 28.9 Å². The molecular weight excluding hydrogens is 739 g/mol. The Kier molecular flexibility index (Phi) is 14.0. The lowest BCUT2D eigenvalue weighted by Gasteiger charge is -2.29. The summed E-state index contributed by atoms with van der Waals surface area (Å²) >= 11 is 0. The molecule has 0 spiro atoms. The van der Waals surface area contributed by atoms with E-state index in [0.717, 1.165) is 17.7 Å². The fourth-order valence-electron chi connectivity index (χ4n) is 5.96. The first-order chi connectivity index (χ1) is 25.7. The van der Waals surface area contributed by atoms with Crippen molar-refractivity contribution in [3.63, 3.8) is 0 Å². The third-order valence-corrected chi connectivity index (χ3v) is 8.55. The van der Waals surface area contributed by atoms with Gasteiger partial charge >= 0.3 is 17.8 Å². The third-order valence-electron chi connectivity index (χ3n) is 8.55. The first-order valence-electron chi connectivity index (χ1n) is 17.1. The monoisotopic (exact) mass is 781 g/mol. The number of benzene rings is 4. The topological polar surface area (TPSA) is 105 Å². The number of carbonyl (C=O) groups excluding carboxylic acids is 1. The van der Waals surface area contributed by atoms with Gasteiger partial charge in [0.15, 0.2) is 0 Å². The molecule has 5 aromatic rings. The normalized spacial score (nSPS) is 13.3. The lowest BCUT2D eigenvalue weighted by atomic mass is 9.98. The van der Waals surface area contributed by atoms with Gasteiger partial charge in [0.05, 0.1) is 38.0 Å². The summed E-state index contributed by atoms with van der Waals surface area (Å²) in [6, 6.07) is 22.8. The van der Waals surface area contributed by atoms with Crippen LogP contribution < -0.4 is 29.9 Å². The summed E-state index contributed by atoms with van der Waals surface area (Å²) in [4.78, 5) is 24.6. The Morgan fingerprint density at radius 2 is 1.58 bits per heavy atom. The average molecular weight is 782 g/mol. The van der Waals surface area contributed by atoms with E-state index in [1.807, 2.05) is 39.0 Å². The van der Waals surface area contributed by atoms with Crippen LogP contribution in [0.5, 0.6) is 23.0 Å². The number of ether oxygens (including phenoxy) is 5. The summed E-state index contributed by atoms with van der Waals surface area (Å²) < 4.78 is 71.6. The first-order valence-corrected chi connectivity index (χ1v) is 17.1. The summed E-state index contributed by atoms with van der Waals surface area (Å²) in [5.74, 6) is 1.80. The van der Waals surface area contributed by atoms with Gasteiger partial charge in [0.25, 0.3) is 0 Å². The summed E-state index contributed by atoms with van der Waals surface area (Å²) in [6.07, 6.45) is 0.0310. The molecule has 0 radical (unpaired) electrons. The molecule has 6 rings (SSSR count). The van der Waals surface area contributed by atoms with Gasteiger partial charge in [-0.2, -0.15) is 13.2 Å². The number of esters is 1. The molecular formula is C42H43ClF3NO8. The van der Waals surface area contributed by atoms with Gasteiger partial charge in [-0.15, -0.1) is 12.4 Å². The maximum absolute atomic E-state index is 12.9. The summed E-state index contributed by atoms with van der Waals surface area (Å²) in [5.41, 5.74) is 1.56. The largest absolute Gasteiger partial charge is 0.497 e. The van der Waals surface area contributed by atoms with Crippen LogP contribution in [0.4, 0.5) is 13.2 Å². The zero-order valence-electron chi connectivity index (χ0n) is 31.2. The van der Waals surface area contributed by atoms with E-state index in [9.17, 15) is 22.8 Å². The van der Waals surface area contributed by atoms with Crippen LogP contribution in [-0.4, -0.2) is 52.1 Å².